The molecule has 2 atom stereocenters. The van der Waals surface area contributed by atoms with Crippen molar-refractivity contribution >= 4 is 35.1 Å². The van der Waals surface area contributed by atoms with Crippen LogP contribution < -0.4 is 0 Å². The molecular formula is C58H81Cl2SiZr. The maximum absolute atomic E-state index is 9.04. The van der Waals surface area contributed by atoms with E-state index in [4.69, 9.17) is 17.0 Å². The van der Waals surface area contributed by atoms with E-state index in [1.165, 1.54) is 89.0 Å². The van der Waals surface area contributed by atoms with E-state index in [9.17, 15) is 0 Å². The first-order valence-corrected chi connectivity index (χ1v) is 40.5. The first-order valence-electron chi connectivity index (χ1n) is 24.2. The van der Waals surface area contributed by atoms with Crippen molar-refractivity contribution in [3.63, 3.8) is 0 Å². The Balaban J connectivity index is 1.67. The Morgan fingerprint density at radius 1 is 0.484 bits per heavy atom. The molecule has 0 aliphatic heterocycles. The number of fused-ring (bicyclic) bond motifs is 2. The molecule has 0 N–H and O–H groups in total. The third-order valence-corrected chi connectivity index (χ3v) is 66.6. The summed E-state index contributed by atoms with van der Waals surface area (Å²) < 4.78 is 0.130. The van der Waals surface area contributed by atoms with Crippen LogP contribution in [-0.2, 0) is 50.1 Å². The summed E-state index contributed by atoms with van der Waals surface area (Å²) in [6.45, 7) is 42.6. The van der Waals surface area contributed by atoms with Gasteiger partial charge in [0.2, 0.25) is 0 Å². The van der Waals surface area contributed by atoms with Crippen molar-refractivity contribution < 1.29 is 15.6 Å². The fourth-order valence-electron chi connectivity index (χ4n) is 10.8. The predicted molar refractivity (Wildman–Crippen MR) is 279 cm³/mol. The van der Waals surface area contributed by atoms with Crippen molar-refractivity contribution in [2.24, 2.45) is 0 Å². The number of hydrogen-bond donors (Lipinski definition) is 0. The van der Waals surface area contributed by atoms with E-state index >= 15 is 0 Å². The van der Waals surface area contributed by atoms with E-state index < -0.39 is 21.5 Å². The van der Waals surface area contributed by atoms with Crippen LogP contribution in [0.25, 0.3) is 34.4 Å². The monoisotopic (exact) mass is 965 g/mol. The molecule has 2 aliphatic carbocycles. The third-order valence-electron chi connectivity index (χ3n) is 14.7. The van der Waals surface area contributed by atoms with E-state index in [1.807, 2.05) is 0 Å². The van der Waals surface area contributed by atoms with Gasteiger partial charge in [-0.3, -0.25) is 0 Å². The molecule has 0 aromatic heterocycles. The van der Waals surface area contributed by atoms with Crippen LogP contribution in [0.15, 0.2) is 71.8 Å². The van der Waals surface area contributed by atoms with Crippen LogP contribution in [0, 0.1) is 0 Å². The number of benzene rings is 4. The standard InChI is InChI=1S/2C28H37.C2H7Si.2ClH.Zr/c2*1-9-11-20-12-13-21-14-19(10-2)15-25(21)26(20)22-16-23(27(3,4)5)18-24(17-22)28(6,7)8;1-3-2;;;/h2*12-18H,9-11H2,1-8H3;3H,1-2H3;2*1H;/q;;;;;+2/p-2. The van der Waals surface area contributed by atoms with E-state index in [-0.39, 0.29) is 28.9 Å². The number of allylic oxidation sites excluding steroid dienone is 2. The van der Waals surface area contributed by atoms with Crippen LogP contribution in [0.5, 0.6) is 0 Å². The van der Waals surface area contributed by atoms with Crippen LogP contribution in [0.2, 0.25) is 13.1 Å². The van der Waals surface area contributed by atoms with Gasteiger partial charge < -0.3 is 0 Å². The zero-order valence-corrected chi connectivity index (χ0v) is 47.3. The van der Waals surface area contributed by atoms with Gasteiger partial charge in [-0.05, 0) is 0 Å². The van der Waals surface area contributed by atoms with Gasteiger partial charge in [0, 0.05) is 0 Å². The minimum atomic E-state index is -5.03. The summed E-state index contributed by atoms with van der Waals surface area (Å²) >= 11 is -5.03. The van der Waals surface area contributed by atoms with Crippen molar-refractivity contribution in [3.05, 3.63) is 127 Å². The van der Waals surface area contributed by atoms with E-state index in [0.29, 0.717) is 0 Å². The molecule has 0 bridgehead atoms. The van der Waals surface area contributed by atoms with Crippen LogP contribution in [0.3, 0.4) is 0 Å². The Morgan fingerprint density at radius 3 is 1.03 bits per heavy atom. The van der Waals surface area contributed by atoms with E-state index in [2.05, 4.69) is 197 Å². The Bertz CT molecular complexity index is 2190. The molecule has 0 spiro atoms. The zero-order chi connectivity index (χ0) is 46.1. The SMILES string of the molecule is CCCc1ccc2c(c1-c1cc(C(C)(C)C)cc(C(C)(C)C)c1)C=C(CC)[CH]2[Zr]([Cl])([Cl])([CH]1C(CC)=Cc2c1ccc(CCC)c2-c1cc(C(C)(C)C)cc(C(C)(C)C)c1)[SiH](C)C. The summed E-state index contributed by atoms with van der Waals surface area (Å²) in [5.41, 5.74) is 22.5. The molecule has 0 amide bonds. The molecule has 0 saturated carbocycles. The molecule has 0 heterocycles. The summed E-state index contributed by atoms with van der Waals surface area (Å²) in [5, 5.41) is 0. The molecule has 6 rings (SSSR count). The molecule has 4 heteroatoms. The van der Waals surface area contributed by atoms with Gasteiger partial charge >= 0.3 is 392 Å². The Morgan fingerprint density at radius 2 is 0.790 bits per heavy atom. The number of aryl methyl sites for hydroxylation is 2. The van der Waals surface area contributed by atoms with Gasteiger partial charge in [0.15, 0.2) is 0 Å². The number of hydrogen-bond acceptors (Lipinski definition) is 0. The first-order chi connectivity index (χ1) is 28.6. The summed E-state index contributed by atoms with van der Waals surface area (Å²) in [5.74, 6) is -1.74. The Labute approximate surface area is 388 Å². The zero-order valence-electron chi connectivity index (χ0n) is 42.2. The average Bonchev–Trinajstić information content (AvgIpc) is 3.76. The number of halogens is 2. The van der Waals surface area contributed by atoms with Crippen LogP contribution in [0.1, 0.15) is 199 Å². The molecular weight excluding hydrogens is 887 g/mol. The van der Waals surface area contributed by atoms with Crippen molar-refractivity contribution in [2.45, 2.75) is 191 Å². The van der Waals surface area contributed by atoms with E-state index in [1.54, 1.807) is 0 Å². The average molecular weight is 969 g/mol. The second-order valence-corrected chi connectivity index (χ2v) is 66.2. The van der Waals surface area contributed by atoms with Crippen molar-refractivity contribution in [1.29, 1.82) is 0 Å². The minimum absolute atomic E-state index is 0.0218. The molecule has 0 saturated heterocycles. The Hall–Kier alpha value is -1.96. The molecule has 0 nitrogen and oxygen atoms in total. The second kappa shape index (κ2) is 17.4. The van der Waals surface area contributed by atoms with Gasteiger partial charge in [0.25, 0.3) is 0 Å². The van der Waals surface area contributed by atoms with Gasteiger partial charge in [-0.1, -0.05) is 0 Å². The summed E-state index contributed by atoms with van der Waals surface area (Å²) in [6.07, 6.45) is 11.3. The Kier molecular flexibility index (Phi) is 13.9. The van der Waals surface area contributed by atoms with Gasteiger partial charge in [0.05, 0.1) is 0 Å². The van der Waals surface area contributed by atoms with Crippen molar-refractivity contribution in [3.8, 4) is 22.3 Å². The molecule has 0 radical (unpaired) electrons. The summed E-state index contributed by atoms with van der Waals surface area (Å²) in [4.78, 5) is 0. The molecule has 4 aromatic carbocycles. The fraction of sp³-hybridized carbons (Fsp3) is 0.517. The van der Waals surface area contributed by atoms with Crippen molar-refractivity contribution in [1.82, 2.24) is 0 Å². The predicted octanol–water partition coefficient (Wildman–Crippen LogP) is 18.5. The van der Waals surface area contributed by atoms with Gasteiger partial charge in [-0.15, -0.1) is 0 Å². The summed E-state index contributed by atoms with van der Waals surface area (Å²) in [6, 6.07) is 24.8. The molecule has 2 aliphatic rings. The molecule has 4 aromatic rings. The number of rotatable bonds is 11. The van der Waals surface area contributed by atoms with Crippen LogP contribution in [-0.4, -0.2) is 5.92 Å². The topological polar surface area (TPSA) is 0 Å². The molecule has 0 fully saturated rings. The normalized spacial score (nSPS) is 17.8. The van der Waals surface area contributed by atoms with E-state index in [0.717, 1.165) is 38.5 Å². The summed E-state index contributed by atoms with van der Waals surface area (Å²) in [7, 11) is 18.1. The van der Waals surface area contributed by atoms with Gasteiger partial charge in [0.1, 0.15) is 0 Å². The maximum atomic E-state index is 9.04. The molecule has 2 unspecified atom stereocenters. The first kappa shape index (κ1) is 49.5. The quantitative estimate of drug-likeness (QED) is 0.131. The second-order valence-electron chi connectivity index (χ2n) is 23.7. The van der Waals surface area contributed by atoms with Gasteiger partial charge in [-0.25, -0.2) is 0 Å². The van der Waals surface area contributed by atoms with Gasteiger partial charge in [-0.2, -0.15) is 0 Å². The fourth-order valence-corrected chi connectivity index (χ4v) is 42.6. The van der Waals surface area contributed by atoms with Crippen LogP contribution >= 0.6 is 17.0 Å². The third kappa shape index (κ3) is 8.85. The molecule has 335 valence electrons. The van der Waals surface area contributed by atoms with Crippen molar-refractivity contribution in [2.75, 3.05) is 0 Å². The molecule has 62 heavy (non-hydrogen) atoms. The van der Waals surface area contributed by atoms with Crippen LogP contribution in [0.4, 0.5) is 0 Å².